The Kier molecular flexibility index (Phi) is 7.19. The van der Waals surface area contributed by atoms with Crippen LogP contribution in [0, 0.1) is 0 Å². The average molecular weight is 263 g/mol. The molecule has 19 heavy (non-hydrogen) atoms. The number of carbonyl (C=O) groups excluding carboxylic acids is 1. The van der Waals surface area contributed by atoms with Crippen molar-refractivity contribution in [2.45, 2.75) is 33.1 Å². The maximum absolute atomic E-state index is 11.8. The Hall–Kier alpha value is -1.35. The fraction of sp³-hybridized carbons (Fsp3) is 0.562. The van der Waals surface area contributed by atoms with Crippen molar-refractivity contribution in [3.63, 3.8) is 0 Å². The van der Waals surface area contributed by atoms with Gasteiger partial charge in [0.25, 0.3) is 0 Å². The smallest absolute Gasteiger partial charge is 0.134 e. The first-order valence-corrected chi connectivity index (χ1v) is 7.06. The molecule has 0 saturated carbocycles. The van der Waals surface area contributed by atoms with Crippen LogP contribution in [0.4, 0.5) is 0 Å². The van der Waals surface area contributed by atoms with Gasteiger partial charge in [-0.15, -0.1) is 0 Å². The van der Waals surface area contributed by atoms with Crippen LogP contribution in [0.5, 0.6) is 5.75 Å². The summed E-state index contributed by atoms with van der Waals surface area (Å²) in [5, 5.41) is 0. The van der Waals surface area contributed by atoms with Crippen LogP contribution in [0.15, 0.2) is 24.3 Å². The number of Topliss-reactive ketones (excluding diaryl/α,β-unsaturated/α-hetero) is 1. The second-order valence-corrected chi connectivity index (χ2v) is 4.66. The van der Waals surface area contributed by atoms with Crippen molar-refractivity contribution in [3.8, 4) is 5.75 Å². The number of hydrogen-bond donors (Lipinski definition) is 0. The van der Waals surface area contributed by atoms with Crippen LogP contribution < -0.4 is 4.74 Å². The minimum absolute atomic E-state index is 0.350. The van der Waals surface area contributed by atoms with E-state index >= 15 is 0 Å². The molecule has 1 aromatic carbocycles. The lowest BCUT2D eigenvalue weighted by molar-refractivity contribution is -0.119. The van der Waals surface area contributed by atoms with Crippen LogP contribution >= 0.6 is 0 Å². The van der Waals surface area contributed by atoms with Crippen molar-refractivity contribution >= 4 is 5.78 Å². The van der Waals surface area contributed by atoms with Crippen molar-refractivity contribution in [1.82, 2.24) is 4.90 Å². The van der Waals surface area contributed by atoms with Crippen LogP contribution in [0.3, 0.4) is 0 Å². The predicted molar refractivity (Wildman–Crippen MR) is 78.7 cm³/mol. The number of aryl methyl sites for hydroxylation is 1. The number of hydrogen-bond acceptors (Lipinski definition) is 3. The van der Waals surface area contributed by atoms with Gasteiger partial charge in [0.05, 0.1) is 7.11 Å². The third-order valence-corrected chi connectivity index (χ3v) is 3.45. The molecule has 0 bridgehead atoms. The van der Waals surface area contributed by atoms with Gasteiger partial charge in [-0.25, -0.2) is 0 Å². The van der Waals surface area contributed by atoms with E-state index in [2.05, 4.69) is 18.7 Å². The maximum Gasteiger partial charge on any atom is 0.134 e. The van der Waals surface area contributed by atoms with E-state index in [0.717, 1.165) is 31.8 Å². The molecule has 106 valence electrons. The van der Waals surface area contributed by atoms with Crippen molar-refractivity contribution in [2.75, 3.05) is 26.7 Å². The molecule has 0 N–H and O–H groups in total. The normalized spacial score (nSPS) is 10.7. The third kappa shape index (κ3) is 5.88. The first-order valence-electron chi connectivity index (χ1n) is 7.06. The number of benzene rings is 1. The molecule has 0 heterocycles. The zero-order valence-electron chi connectivity index (χ0n) is 12.3. The summed E-state index contributed by atoms with van der Waals surface area (Å²) in [4.78, 5) is 14.1. The van der Waals surface area contributed by atoms with Gasteiger partial charge in [-0.2, -0.15) is 0 Å². The molecular formula is C16H25NO2. The molecule has 0 radical (unpaired) electrons. The zero-order chi connectivity index (χ0) is 14.1. The fourth-order valence-corrected chi connectivity index (χ4v) is 2.02. The summed E-state index contributed by atoms with van der Waals surface area (Å²) in [6.45, 7) is 7.18. The SMILES string of the molecule is CCN(CC)CCC(=O)CCc1ccc(OC)cc1. The van der Waals surface area contributed by atoms with Gasteiger partial charge in [-0.05, 0) is 37.2 Å². The molecular weight excluding hydrogens is 238 g/mol. The summed E-state index contributed by atoms with van der Waals surface area (Å²) in [6.07, 6.45) is 2.12. The van der Waals surface area contributed by atoms with Crippen LogP contribution in [-0.4, -0.2) is 37.4 Å². The third-order valence-electron chi connectivity index (χ3n) is 3.45. The van der Waals surface area contributed by atoms with Crippen LogP contribution in [0.2, 0.25) is 0 Å². The molecule has 1 aromatic rings. The quantitative estimate of drug-likeness (QED) is 0.686. The highest BCUT2D eigenvalue weighted by Crippen LogP contribution is 2.13. The Morgan fingerprint density at radius 1 is 1.11 bits per heavy atom. The molecule has 3 heteroatoms. The van der Waals surface area contributed by atoms with Gasteiger partial charge in [-0.1, -0.05) is 26.0 Å². The van der Waals surface area contributed by atoms with Crippen LogP contribution in [-0.2, 0) is 11.2 Å². The molecule has 0 aliphatic carbocycles. The average Bonchev–Trinajstić information content (AvgIpc) is 2.46. The van der Waals surface area contributed by atoms with E-state index in [1.54, 1.807) is 7.11 Å². The lowest BCUT2D eigenvalue weighted by Gasteiger charge is -2.16. The first-order chi connectivity index (χ1) is 9.19. The lowest BCUT2D eigenvalue weighted by Crippen LogP contribution is -2.25. The van der Waals surface area contributed by atoms with Crippen LogP contribution in [0.25, 0.3) is 0 Å². The monoisotopic (exact) mass is 263 g/mol. The standard InChI is InChI=1S/C16H25NO2/c1-4-17(5-2)13-12-15(18)9-6-14-7-10-16(19-3)11-8-14/h7-8,10-11H,4-6,9,12-13H2,1-3H3. The van der Waals surface area contributed by atoms with E-state index in [0.29, 0.717) is 18.6 Å². The highest BCUT2D eigenvalue weighted by atomic mass is 16.5. The Labute approximate surface area is 116 Å². The van der Waals surface area contributed by atoms with Gasteiger partial charge in [0.15, 0.2) is 0 Å². The van der Waals surface area contributed by atoms with E-state index < -0.39 is 0 Å². The molecule has 0 aromatic heterocycles. The minimum Gasteiger partial charge on any atom is -0.497 e. The molecule has 0 atom stereocenters. The van der Waals surface area contributed by atoms with E-state index in [1.807, 2.05) is 24.3 Å². The van der Waals surface area contributed by atoms with E-state index in [9.17, 15) is 4.79 Å². The Morgan fingerprint density at radius 3 is 2.26 bits per heavy atom. The molecule has 0 aliphatic heterocycles. The van der Waals surface area contributed by atoms with Gasteiger partial charge >= 0.3 is 0 Å². The molecule has 0 amide bonds. The number of methoxy groups -OCH3 is 1. The van der Waals surface area contributed by atoms with Crippen molar-refractivity contribution in [3.05, 3.63) is 29.8 Å². The van der Waals surface area contributed by atoms with Gasteiger partial charge in [-0.3, -0.25) is 4.79 Å². The highest BCUT2D eigenvalue weighted by Gasteiger charge is 2.06. The summed E-state index contributed by atoms with van der Waals surface area (Å²) in [5.74, 6) is 1.21. The molecule has 0 fully saturated rings. The molecule has 1 rings (SSSR count). The van der Waals surface area contributed by atoms with Crippen molar-refractivity contribution in [1.29, 1.82) is 0 Å². The number of carbonyl (C=O) groups is 1. The molecule has 0 aliphatic rings. The van der Waals surface area contributed by atoms with Gasteiger partial charge in [0, 0.05) is 19.4 Å². The van der Waals surface area contributed by atoms with E-state index in [-0.39, 0.29) is 0 Å². The van der Waals surface area contributed by atoms with Gasteiger partial charge in [0.1, 0.15) is 11.5 Å². The maximum atomic E-state index is 11.8. The summed E-state index contributed by atoms with van der Waals surface area (Å²) in [7, 11) is 1.66. The fourth-order valence-electron chi connectivity index (χ4n) is 2.02. The van der Waals surface area contributed by atoms with E-state index in [4.69, 9.17) is 4.74 Å². The lowest BCUT2D eigenvalue weighted by atomic mass is 10.1. The summed E-state index contributed by atoms with van der Waals surface area (Å²) in [5.41, 5.74) is 1.19. The Morgan fingerprint density at radius 2 is 1.74 bits per heavy atom. The Bertz CT molecular complexity index is 369. The second-order valence-electron chi connectivity index (χ2n) is 4.66. The van der Waals surface area contributed by atoms with E-state index in [1.165, 1.54) is 5.56 Å². The number of ketones is 1. The highest BCUT2D eigenvalue weighted by molar-refractivity contribution is 5.78. The van der Waals surface area contributed by atoms with Crippen molar-refractivity contribution in [2.24, 2.45) is 0 Å². The minimum atomic E-state index is 0.350. The zero-order valence-corrected chi connectivity index (χ0v) is 12.3. The first kappa shape index (κ1) is 15.7. The number of nitrogens with zero attached hydrogens (tertiary/aromatic N) is 1. The second kappa shape index (κ2) is 8.70. The van der Waals surface area contributed by atoms with Gasteiger partial charge < -0.3 is 9.64 Å². The van der Waals surface area contributed by atoms with Crippen LogP contribution in [0.1, 0.15) is 32.3 Å². The van der Waals surface area contributed by atoms with Gasteiger partial charge in [0.2, 0.25) is 0 Å². The number of ether oxygens (including phenoxy) is 1. The molecule has 3 nitrogen and oxygen atoms in total. The molecule has 0 spiro atoms. The Balaban J connectivity index is 2.29. The molecule has 0 unspecified atom stereocenters. The number of rotatable bonds is 9. The summed E-state index contributed by atoms with van der Waals surface area (Å²) >= 11 is 0. The van der Waals surface area contributed by atoms with Crippen molar-refractivity contribution < 1.29 is 9.53 Å². The molecule has 0 saturated heterocycles. The summed E-state index contributed by atoms with van der Waals surface area (Å²) < 4.78 is 5.11. The largest absolute Gasteiger partial charge is 0.497 e. The predicted octanol–water partition coefficient (Wildman–Crippen LogP) is 2.93. The summed E-state index contributed by atoms with van der Waals surface area (Å²) in [6, 6.07) is 7.93. The topological polar surface area (TPSA) is 29.5 Å².